The summed E-state index contributed by atoms with van der Waals surface area (Å²) >= 11 is 1.53. The van der Waals surface area contributed by atoms with E-state index in [2.05, 4.69) is 51.5 Å². The molecule has 3 rings (SSSR count). The first kappa shape index (κ1) is 15.3. The van der Waals surface area contributed by atoms with Gasteiger partial charge in [-0.3, -0.25) is 4.98 Å². The first-order chi connectivity index (χ1) is 11.2. The number of pyridine rings is 1. The lowest BCUT2D eigenvalue weighted by atomic mass is 10.2. The molecule has 0 saturated heterocycles. The zero-order valence-corrected chi connectivity index (χ0v) is 13.5. The Morgan fingerprint density at radius 3 is 2.70 bits per heavy atom. The van der Waals surface area contributed by atoms with Crippen LogP contribution in [0.4, 0.5) is 11.5 Å². The van der Waals surface area contributed by atoms with E-state index in [-0.39, 0.29) is 0 Å². The molecule has 2 heterocycles. The van der Waals surface area contributed by atoms with Crippen molar-refractivity contribution in [1.82, 2.24) is 15.0 Å². The van der Waals surface area contributed by atoms with E-state index in [1.54, 1.807) is 6.20 Å². The first-order valence-electron chi connectivity index (χ1n) is 7.20. The third-order valence-corrected chi connectivity index (χ3v) is 4.29. The van der Waals surface area contributed by atoms with E-state index >= 15 is 0 Å². The van der Waals surface area contributed by atoms with Crippen LogP contribution >= 0.6 is 11.8 Å². The van der Waals surface area contributed by atoms with Gasteiger partial charge >= 0.3 is 0 Å². The molecule has 0 spiro atoms. The van der Waals surface area contributed by atoms with Crippen molar-refractivity contribution in [3.63, 3.8) is 0 Å². The van der Waals surface area contributed by atoms with Crippen molar-refractivity contribution < 1.29 is 0 Å². The van der Waals surface area contributed by atoms with Crippen molar-refractivity contribution in [2.75, 3.05) is 11.1 Å². The molecule has 5 nitrogen and oxygen atoms in total. The molecule has 0 bridgehead atoms. The van der Waals surface area contributed by atoms with Crippen LogP contribution in [0.1, 0.15) is 11.1 Å². The fraction of sp³-hybridized carbons (Fsp3) is 0.118. The number of nitrogens with zero attached hydrogens (tertiary/aromatic N) is 3. The van der Waals surface area contributed by atoms with Crippen molar-refractivity contribution >= 4 is 23.3 Å². The molecule has 116 valence electrons. The molecule has 2 aromatic heterocycles. The van der Waals surface area contributed by atoms with Gasteiger partial charge in [0.1, 0.15) is 17.0 Å². The third-order valence-electron chi connectivity index (χ3n) is 3.27. The fourth-order valence-electron chi connectivity index (χ4n) is 2.01. The molecule has 0 radical (unpaired) electrons. The second-order valence-corrected chi connectivity index (χ2v) is 6.13. The Bertz CT molecular complexity index is 775. The minimum Gasteiger partial charge on any atom is -0.394 e. The number of nitrogens with two attached hydrogens (primary N) is 1. The van der Waals surface area contributed by atoms with E-state index in [4.69, 9.17) is 5.73 Å². The predicted molar refractivity (Wildman–Crippen MR) is 93.3 cm³/mol. The third kappa shape index (κ3) is 3.98. The summed E-state index contributed by atoms with van der Waals surface area (Å²) in [6.07, 6.45) is 5.09. The normalized spacial score (nSPS) is 10.5. The number of nitrogens with one attached hydrogen (secondary N) is 1. The number of aryl methyl sites for hydroxylation is 1. The van der Waals surface area contributed by atoms with E-state index in [9.17, 15) is 0 Å². The number of hydrogen-bond donors (Lipinski definition) is 2. The van der Waals surface area contributed by atoms with E-state index in [1.807, 2.05) is 18.3 Å². The Hall–Kier alpha value is -2.60. The summed E-state index contributed by atoms with van der Waals surface area (Å²) in [5, 5.41) is 3.98. The Morgan fingerprint density at radius 2 is 1.96 bits per heavy atom. The van der Waals surface area contributed by atoms with Crippen LogP contribution in [0.2, 0.25) is 0 Å². The van der Waals surface area contributed by atoms with Gasteiger partial charge < -0.3 is 11.1 Å². The van der Waals surface area contributed by atoms with Gasteiger partial charge in [-0.1, -0.05) is 35.5 Å². The van der Waals surface area contributed by atoms with E-state index in [0.717, 1.165) is 15.5 Å². The van der Waals surface area contributed by atoms with Gasteiger partial charge in [0.25, 0.3) is 0 Å². The topological polar surface area (TPSA) is 76.7 Å². The molecule has 3 N–H and O–H groups in total. The number of rotatable bonds is 5. The van der Waals surface area contributed by atoms with Gasteiger partial charge in [0.2, 0.25) is 0 Å². The zero-order chi connectivity index (χ0) is 16.1. The largest absolute Gasteiger partial charge is 0.394 e. The van der Waals surface area contributed by atoms with Gasteiger partial charge in [-0.15, -0.1) is 0 Å². The van der Waals surface area contributed by atoms with Crippen molar-refractivity contribution in [2.45, 2.75) is 23.4 Å². The average Bonchev–Trinajstić information content (AvgIpc) is 2.58. The van der Waals surface area contributed by atoms with Crippen molar-refractivity contribution in [1.29, 1.82) is 0 Å². The van der Waals surface area contributed by atoms with Crippen LogP contribution in [0.5, 0.6) is 0 Å². The second kappa shape index (κ2) is 7.11. The highest BCUT2D eigenvalue weighted by atomic mass is 32.2. The molecule has 0 atom stereocenters. The lowest BCUT2D eigenvalue weighted by Crippen LogP contribution is -2.06. The number of benzene rings is 1. The predicted octanol–water partition coefficient (Wildman–Crippen LogP) is 3.53. The highest BCUT2D eigenvalue weighted by Crippen LogP contribution is 2.33. The molecule has 0 amide bonds. The van der Waals surface area contributed by atoms with Gasteiger partial charge in [0.05, 0.1) is 0 Å². The van der Waals surface area contributed by atoms with Crippen LogP contribution < -0.4 is 11.1 Å². The molecule has 0 unspecified atom stereocenters. The maximum atomic E-state index is 6.20. The molecule has 0 fully saturated rings. The van der Waals surface area contributed by atoms with Gasteiger partial charge in [-0.05, 0) is 30.7 Å². The summed E-state index contributed by atoms with van der Waals surface area (Å²) in [4.78, 5) is 13.7. The van der Waals surface area contributed by atoms with Crippen LogP contribution in [0.3, 0.4) is 0 Å². The second-order valence-electron chi connectivity index (χ2n) is 5.07. The monoisotopic (exact) mass is 323 g/mol. The highest BCUT2D eigenvalue weighted by molar-refractivity contribution is 7.99. The number of hydrogen-bond acceptors (Lipinski definition) is 6. The van der Waals surface area contributed by atoms with Crippen LogP contribution in [0.15, 0.2) is 65.0 Å². The fourth-order valence-corrected chi connectivity index (χ4v) is 2.81. The minimum absolute atomic E-state index is 0.557. The summed E-state index contributed by atoms with van der Waals surface area (Å²) in [7, 11) is 0. The number of anilines is 2. The Balaban J connectivity index is 1.74. The molecule has 0 aliphatic carbocycles. The summed E-state index contributed by atoms with van der Waals surface area (Å²) in [6.45, 7) is 2.68. The van der Waals surface area contributed by atoms with Crippen molar-refractivity contribution in [2.24, 2.45) is 0 Å². The molecular weight excluding hydrogens is 306 g/mol. The molecule has 0 aliphatic rings. The Morgan fingerprint density at radius 1 is 1.13 bits per heavy atom. The van der Waals surface area contributed by atoms with Gasteiger partial charge in [-0.2, -0.15) is 0 Å². The summed E-state index contributed by atoms with van der Waals surface area (Å²) in [6, 6.07) is 12.2. The minimum atomic E-state index is 0.557. The SMILES string of the molecule is Cc1ccc(Sc2ncnc(NCc3cccnc3)c2N)cc1. The smallest absolute Gasteiger partial charge is 0.154 e. The molecule has 1 aromatic carbocycles. The van der Waals surface area contributed by atoms with E-state index in [1.165, 1.54) is 23.7 Å². The first-order valence-corrected chi connectivity index (χ1v) is 8.02. The van der Waals surface area contributed by atoms with Crippen LogP contribution in [0, 0.1) is 6.92 Å². The van der Waals surface area contributed by atoms with Gasteiger partial charge in [0.15, 0.2) is 5.82 Å². The zero-order valence-electron chi connectivity index (χ0n) is 12.7. The maximum absolute atomic E-state index is 6.20. The lowest BCUT2D eigenvalue weighted by molar-refractivity contribution is 1.02. The van der Waals surface area contributed by atoms with Crippen molar-refractivity contribution in [3.05, 3.63) is 66.2 Å². The van der Waals surface area contributed by atoms with E-state index < -0.39 is 0 Å². The highest BCUT2D eigenvalue weighted by Gasteiger charge is 2.09. The standard InChI is InChI=1S/C17H17N5S/c1-12-4-6-14(7-5-12)23-17-15(18)16(21-11-22-17)20-10-13-3-2-8-19-9-13/h2-9,11H,10,18H2,1H3,(H,20,21,22). The van der Waals surface area contributed by atoms with Gasteiger partial charge in [0, 0.05) is 23.8 Å². The molecular formula is C17H17N5S. The van der Waals surface area contributed by atoms with Gasteiger partial charge in [-0.25, -0.2) is 9.97 Å². The quantitative estimate of drug-likeness (QED) is 0.700. The lowest BCUT2D eigenvalue weighted by Gasteiger charge is -2.11. The molecule has 6 heteroatoms. The number of aromatic nitrogens is 3. The summed E-state index contributed by atoms with van der Waals surface area (Å²) < 4.78 is 0. The van der Waals surface area contributed by atoms with Crippen LogP contribution in [-0.2, 0) is 6.54 Å². The summed E-state index contributed by atoms with van der Waals surface area (Å²) in [5.74, 6) is 0.637. The Kier molecular flexibility index (Phi) is 4.73. The Labute approximate surface area is 139 Å². The maximum Gasteiger partial charge on any atom is 0.154 e. The van der Waals surface area contributed by atoms with Crippen molar-refractivity contribution in [3.8, 4) is 0 Å². The summed E-state index contributed by atoms with van der Waals surface area (Å²) in [5.41, 5.74) is 9.05. The van der Waals surface area contributed by atoms with Crippen LogP contribution in [-0.4, -0.2) is 15.0 Å². The number of nitrogen functional groups attached to an aromatic ring is 1. The molecule has 23 heavy (non-hydrogen) atoms. The van der Waals surface area contributed by atoms with E-state index in [0.29, 0.717) is 18.1 Å². The molecule has 3 aromatic rings. The van der Waals surface area contributed by atoms with Crippen LogP contribution in [0.25, 0.3) is 0 Å². The average molecular weight is 323 g/mol. The molecule has 0 saturated carbocycles. The molecule has 0 aliphatic heterocycles.